The van der Waals surface area contributed by atoms with Crippen LogP contribution in [-0.4, -0.2) is 48.6 Å². The Labute approximate surface area is 117 Å². The number of piperazine rings is 1. The van der Waals surface area contributed by atoms with Crippen molar-refractivity contribution in [3.05, 3.63) is 0 Å². The van der Waals surface area contributed by atoms with Crippen molar-refractivity contribution in [3.8, 4) is 0 Å². The third-order valence-electron chi connectivity index (χ3n) is 4.53. The molecule has 2 nitrogen and oxygen atoms in total. The number of nitrogens with zero attached hydrogens (tertiary/aromatic N) is 1. The second-order valence-electron chi connectivity index (χ2n) is 5.76. The van der Waals surface area contributed by atoms with Gasteiger partial charge >= 0.3 is 0 Å². The van der Waals surface area contributed by atoms with Gasteiger partial charge in [-0.1, -0.05) is 26.2 Å². The van der Waals surface area contributed by atoms with Crippen LogP contribution in [0.4, 0.5) is 0 Å². The summed E-state index contributed by atoms with van der Waals surface area (Å²) in [6, 6.07) is 0.839. The Kier molecular flexibility index (Phi) is 6.88. The minimum absolute atomic E-state index is 0.839. The van der Waals surface area contributed by atoms with Crippen molar-refractivity contribution in [1.82, 2.24) is 10.2 Å². The van der Waals surface area contributed by atoms with Crippen LogP contribution in [0.2, 0.25) is 0 Å². The lowest BCUT2D eigenvalue weighted by molar-refractivity contribution is 0.0930. The maximum absolute atomic E-state index is 3.62. The molecule has 0 aromatic carbocycles. The van der Waals surface area contributed by atoms with Crippen LogP contribution in [0, 0.1) is 5.92 Å². The van der Waals surface area contributed by atoms with Gasteiger partial charge in [-0.3, -0.25) is 4.90 Å². The van der Waals surface area contributed by atoms with Gasteiger partial charge in [0.1, 0.15) is 0 Å². The summed E-state index contributed by atoms with van der Waals surface area (Å²) >= 11 is 2.09. The van der Waals surface area contributed by atoms with E-state index in [1.54, 1.807) is 0 Å². The van der Waals surface area contributed by atoms with E-state index < -0.39 is 0 Å². The van der Waals surface area contributed by atoms with E-state index in [9.17, 15) is 0 Å². The highest BCUT2D eigenvalue weighted by molar-refractivity contribution is 7.99. The van der Waals surface area contributed by atoms with Gasteiger partial charge in [0.25, 0.3) is 0 Å². The van der Waals surface area contributed by atoms with E-state index >= 15 is 0 Å². The van der Waals surface area contributed by atoms with E-state index in [4.69, 9.17) is 0 Å². The molecule has 0 radical (unpaired) electrons. The van der Waals surface area contributed by atoms with Crippen molar-refractivity contribution < 1.29 is 0 Å². The Balaban J connectivity index is 1.77. The maximum atomic E-state index is 3.62. The smallest absolute Gasteiger partial charge is 0.0249 e. The van der Waals surface area contributed by atoms with E-state index in [2.05, 4.69) is 28.9 Å². The number of hydrogen-bond acceptors (Lipinski definition) is 3. The monoisotopic (exact) mass is 270 g/mol. The Morgan fingerprint density at radius 2 is 2.06 bits per heavy atom. The number of thioether (sulfide) groups is 1. The first-order valence-corrected chi connectivity index (χ1v) is 9.09. The summed E-state index contributed by atoms with van der Waals surface area (Å²) in [5.74, 6) is 3.59. The zero-order valence-corrected chi connectivity index (χ0v) is 12.8. The van der Waals surface area contributed by atoms with Gasteiger partial charge in [0, 0.05) is 25.7 Å². The van der Waals surface area contributed by atoms with Crippen LogP contribution in [0.5, 0.6) is 0 Å². The second kappa shape index (κ2) is 8.44. The molecule has 2 aliphatic rings. The lowest BCUT2D eigenvalue weighted by atomic mass is 9.82. The van der Waals surface area contributed by atoms with Crippen molar-refractivity contribution >= 4 is 11.8 Å². The first kappa shape index (κ1) is 14.7. The van der Waals surface area contributed by atoms with Crippen molar-refractivity contribution in [2.24, 2.45) is 5.92 Å². The lowest BCUT2D eigenvalue weighted by Gasteiger charge is -2.42. The molecule has 1 N–H and O–H groups in total. The van der Waals surface area contributed by atoms with E-state index in [1.165, 1.54) is 76.2 Å². The van der Waals surface area contributed by atoms with Gasteiger partial charge in [0.2, 0.25) is 0 Å². The van der Waals surface area contributed by atoms with Crippen LogP contribution >= 0.6 is 11.8 Å². The summed E-state index contributed by atoms with van der Waals surface area (Å²) in [6.07, 6.45) is 8.76. The number of hydrogen-bond donors (Lipinski definition) is 1. The van der Waals surface area contributed by atoms with Crippen molar-refractivity contribution in [2.45, 2.75) is 51.5 Å². The fourth-order valence-electron chi connectivity index (χ4n) is 3.54. The van der Waals surface area contributed by atoms with Crippen LogP contribution in [0.1, 0.15) is 45.4 Å². The quantitative estimate of drug-likeness (QED) is 0.747. The average molecular weight is 270 g/mol. The first-order chi connectivity index (χ1) is 8.92. The molecule has 1 atom stereocenters. The Hall–Kier alpha value is 0.270. The van der Waals surface area contributed by atoms with Gasteiger partial charge in [-0.15, -0.1) is 0 Å². The molecule has 1 aliphatic carbocycles. The van der Waals surface area contributed by atoms with Gasteiger partial charge in [-0.2, -0.15) is 11.8 Å². The molecule has 1 heterocycles. The van der Waals surface area contributed by atoms with Crippen LogP contribution < -0.4 is 5.32 Å². The summed E-state index contributed by atoms with van der Waals surface area (Å²) in [4.78, 5) is 2.79. The Morgan fingerprint density at radius 1 is 1.22 bits per heavy atom. The van der Waals surface area contributed by atoms with Crippen LogP contribution in [0.15, 0.2) is 0 Å². The highest BCUT2D eigenvalue weighted by Crippen LogP contribution is 2.29. The summed E-state index contributed by atoms with van der Waals surface area (Å²) in [6.45, 7) is 7.31. The normalized spacial score (nSPS) is 27.5. The predicted molar refractivity (Wildman–Crippen MR) is 82.4 cm³/mol. The molecule has 3 heteroatoms. The average Bonchev–Trinajstić information content (AvgIpc) is 2.45. The first-order valence-electron chi connectivity index (χ1n) is 7.94. The SMILES string of the molecule is CCSCCCN1CCNCC1C1CCCCC1. The largest absolute Gasteiger partial charge is 0.314 e. The highest BCUT2D eigenvalue weighted by atomic mass is 32.2. The zero-order chi connectivity index (χ0) is 12.6. The molecule has 2 rings (SSSR count). The summed E-state index contributed by atoms with van der Waals surface area (Å²) in [5, 5.41) is 3.62. The van der Waals surface area contributed by atoms with Crippen molar-refractivity contribution in [2.75, 3.05) is 37.7 Å². The highest BCUT2D eigenvalue weighted by Gasteiger charge is 2.30. The molecular weight excluding hydrogens is 240 g/mol. The van der Waals surface area contributed by atoms with Crippen LogP contribution in [-0.2, 0) is 0 Å². The van der Waals surface area contributed by atoms with E-state index in [-0.39, 0.29) is 0 Å². The number of nitrogens with one attached hydrogen (secondary N) is 1. The summed E-state index contributed by atoms with van der Waals surface area (Å²) in [5.41, 5.74) is 0. The fourth-order valence-corrected chi connectivity index (χ4v) is 4.16. The predicted octanol–water partition coefficient (Wildman–Crippen LogP) is 2.98. The molecule has 1 aliphatic heterocycles. The zero-order valence-electron chi connectivity index (χ0n) is 12.0. The molecule has 0 bridgehead atoms. The third kappa shape index (κ3) is 4.43. The Bertz CT molecular complexity index is 217. The minimum atomic E-state index is 0.839. The standard InChI is InChI=1S/C15H30N2S/c1-2-18-12-6-10-17-11-9-16-13-15(17)14-7-4-3-5-8-14/h14-16H,2-13H2,1H3. The molecular formula is C15H30N2S. The van der Waals surface area contributed by atoms with Gasteiger partial charge in [0.15, 0.2) is 0 Å². The third-order valence-corrected chi connectivity index (χ3v) is 5.52. The molecule has 0 spiro atoms. The van der Waals surface area contributed by atoms with E-state index in [1.807, 2.05) is 0 Å². The van der Waals surface area contributed by atoms with Crippen molar-refractivity contribution in [1.29, 1.82) is 0 Å². The molecule has 0 aromatic rings. The second-order valence-corrected chi connectivity index (χ2v) is 7.15. The summed E-state index contributed by atoms with van der Waals surface area (Å²) < 4.78 is 0. The van der Waals surface area contributed by atoms with Gasteiger partial charge in [-0.25, -0.2) is 0 Å². The van der Waals surface area contributed by atoms with Gasteiger partial charge < -0.3 is 5.32 Å². The summed E-state index contributed by atoms with van der Waals surface area (Å²) in [7, 11) is 0. The molecule has 1 unspecified atom stereocenters. The topological polar surface area (TPSA) is 15.3 Å². The molecule has 1 saturated carbocycles. The number of rotatable bonds is 6. The van der Waals surface area contributed by atoms with E-state index in [0.29, 0.717) is 0 Å². The van der Waals surface area contributed by atoms with Crippen LogP contribution in [0.25, 0.3) is 0 Å². The Morgan fingerprint density at radius 3 is 2.83 bits per heavy atom. The molecule has 0 amide bonds. The van der Waals surface area contributed by atoms with Gasteiger partial charge in [0.05, 0.1) is 0 Å². The molecule has 106 valence electrons. The van der Waals surface area contributed by atoms with E-state index in [0.717, 1.165) is 12.0 Å². The molecule has 18 heavy (non-hydrogen) atoms. The lowest BCUT2D eigenvalue weighted by Crippen LogP contribution is -2.55. The maximum Gasteiger partial charge on any atom is 0.0249 e. The minimum Gasteiger partial charge on any atom is -0.314 e. The molecule has 0 aromatic heterocycles. The fraction of sp³-hybridized carbons (Fsp3) is 1.00. The molecule has 1 saturated heterocycles. The van der Waals surface area contributed by atoms with Crippen LogP contribution in [0.3, 0.4) is 0 Å². The van der Waals surface area contributed by atoms with Crippen molar-refractivity contribution in [3.63, 3.8) is 0 Å². The van der Waals surface area contributed by atoms with Gasteiger partial charge in [-0.05, 0) is 43.2 Å². The molecule has 2 fully saturated rings.